The van der Waals surface area contributed by atoms with Gasteiger partial charge >= 0.3 is 0 Å². The van der Waals surface area contributed by atoms with E-state index in [2.05, 4.69) is 42.2 Å². The van der Waals surface area contributed by atoms with Crippen LogP contribution >= 0.6 is 11.8 Å². The third-order valence-electron chi connectivity index (χ3n) is 4.17. The summed E-state index contributed by atoms with van der Waals surface area (Å²) in [6.07, 6.45) is 0.894. The number of hydrogen-bond donors (Lipinski definition) is 0. The summed E-state index contributed by atoms with van der Waals surface area (Å²) in [6.45, 7) is 7.26. The Morgan fingerprint density at radius 3 is 3.00 bits per heavy atom. The van der Waals surface area contributed by atoms with Gasteiger partial charge in [0.25, 0.3) is 0 Å². The molecule has 6 heteroatoms. The lowest BCUT2D eigenvalue weighted by Gasteiger charge is -2.11. The first-order valence-electron chi connectivity index (χ1n) is 7.81. The second kappa shape index (κ2) is 6.74. The van der Waals surface area contributed by atoms with E-state index in [1.54, 1.807) is 18.7 Å². The number of likely N-dealkylation sites (tertiary alicyclic amines) is 1. The zero-order valence-corrected chi connectivity index (χ0v) is 14.5. The van der Waals surface area contributed by atoms with Crippen LogP contribution in [0.25, 0.3) is 0 Å². The molecule has 1 unspecified atom stereocenters. The summed E-state index contributed by atoms with van der Waals surface area (Å²) in [5, 5.41) is 4.09. The summed E-state index contributed by atoms with van der Waals surface area (Å²) < 4.78 is 5.41. The number of amides is 1. The summed E-state index contributed by atoms with van der Waals surface area (Å²) in [5.74, 6) is 2.35. The molecular weight excluding hydrogens is 310 g/mol. The lowest BCUT2D eigenvalue weighted by Crippen LogP contribution is -2.25. The van der Waals surface area contributed by atoms with E-state index >= 15 is 0 Å². The van der Waals surface area contributed by atoms with Crippen molar-refractivity contribution >= 4 is 17.7 Å². The summed E-state index contributed by atoms with van der Waals surface area (Å²) >= 11 is 1.73. The fraction of sp³-hybridized carbons (Fsp3) is 0.471. The number of nitrogens with zero attached hydrogens (tertiary/aromatic N) is 3. The van der Waals surface area contributed by atoms with Gasteiger partial charge in [0.2, 0.25) is 11.8 Å². The number of hydrogen-bond acceptors (Lipinski definition) is 5. The molecule has 0 saturated carbocycles. The first kappa shape index (κ1) is 16.1. The van der Waals surface area contributed by atoms with Crippen LogP contribution in [0.3, 0.4) is 0 Å². The number of aromatic nitrogens is 2. The van der Waals surface area contributed by atoms with Gasteiger partial charge in [-0.3, -0.25) is 4.79 Å². The molecule has 1 aromatic carbocycles. The second-order valence-corrected chi connectivity index (χ2v) is 7.07. The van der Waals surface area contributed by atoms with Crippen molar-refractivity contribution in [2.24, 2.45) is 0 Å². The van der Waals surface area contributed by atoms with Crippen molar-refractivity contribution in [1.29, 1.82) is 0 Å². The van der Waals surface area contributed by atoms with Crippen LogP contribution in [0.5, 0.6) is 0 Å². The minimum absolute atomic E-state index is 0.109. The molecule has 2 aromatic rings. The molecule has 0 spiro atoms. The molecular formula is C17H21N3O2S. The molecule has 1 atom stereocenters. The summed E-state index contributed by atoms with van der Waals surface area (Å²) in [6, 6.07) is 6.43. The largest absolute Gasteiger partial charge is 0.342 e. The van der Waals surface area contributed by atoms with Crippen molar-refractivity contribution in [2.45, 2.75) is 43.8 Å². The number of benzene rings is 1. The van der Waals surface area contributed by atoms with Gasteiger partial charge < -0.3 is 9.42 Å². The maximum atomic E-state index is 11.4. The quantitative estimate of drug-likeness (QED) is 0.804. The van der Waals surface area contributed by atoms with Gasteiger partial charge in [0.1, 0.15) is 0 Å². The fourth-order valence-corrected chi connectivity index (χ4v) is 3.71. The molecule has 1 amide bonds. The van der Waals surface area contributed by atoms with E-state index in [0.29, 0.717) is 24.0 Å². The highest BCUT2D eigenvalue weighted by molar-refractivity contribution is 7.98. The number of rotatable bonds is 4. The summed E-state index contributed by atoms with van der Waals surface area (Å²) in [7, 11) is 0. The lowest BCUT2D eigenvalue weighted by molar-refractivity contribution is -0.127. The number of carbonyl (C=O) groups excluding carboxylic acids is 1. The van der Waals surface area contributed by atoms with Crippen LogP contribution in [-0.4, -0.2) is 34.0 Å². The predicted octanol–water partition coefficient (Wildman–Crippen LogP) is 3.31. The van der Waals surface area contributed by atoms with Gasteiger partial charge in [-0.25, -0.2) is 0 Å². The highest BCUT2D eigenvalue weighted by Gasteiger charge is 2.29. The smallest absolute Gasteiger partial charge is 0.231 e. The highest BCUT2D eigenvalue weighted by Crippen LogP contribution is 2.29. The van der Waals surface area contributed by atoms with Gasteiger partial charge in [-0.2, -0.15) is 4.98 Å². The standard InChI is InChI=1S/C17H21N3O2S/c1-11-4-5-12(2)15(8-11)23-10-16-18-17(22-19-16)14-6-7-20(9-14)13(3)21/h4-5,8,14H,6-7,9-10H2,1-3H3. The Morgan fingerprint density at radius 1 is 1.43 bits per heavy atom. The minimum Gasteiger partial charge on any atom is -0.342 e. The second-order valence-electron chi connectivity index (χ2n) is 6.06. The van der Waals surface area contributed by atoms with Crippen LogP contribution in [0.4, 0.5) is 0 Å². The molecule has 5 nitrogen and oxygen atoms in total. The predicted molar refractivity (Wildman–Crippen MR) is 89.4 cm³/mol. The van der Waals surface area contributed by atoms with Crippen molar-refractivity contribution in [3.8, 4) is 0 Å². The molecule has 0 bridgehead atoms. The summed E-state index contributed by atoms with van der Waals surface area (Å²) in [4.78, 5) is 19.0. The van der Waals surface area contributed by atoms with E-state index in [1.807, 2.05) is 4.90 Å². The van der Waals surface area contributed by atoms with Gasteiger partial charge in [-0.05, 0) is 31.9 Å². The van der Waals surface area contributed by atoms with Gasteiger partial charge in [-0.1, -0.05) is 22.9 Å². The molecule has 0 aliphatic carbocycles. The van der Waals surface area contributed by atoms with Crippen LogP contribution in [-0.2, 0) is 10.5 Å². The Hall–Kier alpha value is -1.82. The SMILES string of the molecule is CC(=O)N1CCC(c2nc(CSc3cc(C)ccc3C)no2)C1. The Kier molecular flexibility index (Phi) is 4.71. The van der Waals surface area contributed by atoms with Crippen LogP contribution in [0.2, 0.25) is 0 Å². The Labute approximate surface area is 140 Å². The van der Waals surface area contributed by atoms with Crippen LogP contribution in [0.15, 0.2) is 27.6 Å². The molecule has 1 aromatic heterocycles. The molecule has 23 heavy (non-hydrogen) atoms. The molecule has 1 saturated heterocycles. The monoisotopic (exact) mass is 331 g/mol. The molecule has 0 radical (unpaired) electrons. The van der Waals surface area contributed by atoms with Crippen molar-refractivity contribution in [3.63, 3.8) is 0 Å². The van der Waals surface area contributed by atoms with E-state index in [1.165, 1.54) is 16.0 Å². The number of carbonyl (C=O) groups is 1. The zero-order valence-electron chi connectivity index (χ0n) is 13.7. The van der Waals surface area contributed by atoms with Crippen molar-refractivity contribution in [1.82, 2.24) is 15.0 Å². The van der Waals surface area contributed by atoms with Crippen LogP contribution in [0.1, 0.15) is 42.1 Å². The first-order chi connectivity index (χ1) is 11.0. The topological polar surface area (TPSA) is 59.2 Å². The Bertz CT molecular complexity index is 714. The average molecular weight is 331 g/mol. The maximum absolute atomic E-state index is 11.4. The Balaban J connectivity index is 1.62. The van der Waals surface area contributed by atoms with E-state index < -0.39 is 0 Å². The normalized spacial score (nSPS) is 17.7. The Morgan fingerprint density at radius 2 is 2.26 bits per heavy atom. The van der Waals surface area contributed by atoms with Crippen molar-refractivity contribution in [2.75, 3.05) is 13.1 Å². The molecule has 1 fully saturated rings. The lowest BCUT2D eigenvalue weighted by atomic mass is 10.1. The van der Waals surface area contributed by atoms with E-state index in [9.17, 15) is 4.79 Å². The van der Waals surface area contributed by atoms with Crippen LogP contribution < -0.4 is 0 Å². The van der Waals surface area contributed by atoms with Gasteiger partial charge in [-0.15, -0.1) is 11.8 Å². The third-order valence-corrected chi connectivity index (χ3v) is 5.32. The van der Waals surface area contributed by atoms with Crippen molar-refractivity contribution in [3.05, 3.63) is 41.0 Å². The average Bonchev–Trinajstić information content (AvgIpc) is 3.16. The zero-order chi connectivity index (χ0) is 16.4. The molecule has 3 rings (SSSR count). The molecule has 2 heterocycles. The van der Waals surface area contributed by atoms with E-state index in [-0.39, 0.29) is 11.8 Å². The minimum atomic E-state index is 0.109. The van der Waals surface area contributed by atoms with Gasteiger partial charge in [0.05, 0.1) is 11.7 Å². The molecule has 0 N–H and O–H groups in total. The maximum Gasteiger partial charge on any atom is 0.231 e. The number of thioether (sulfide) groups is 1. The van der Waals surface area contributed by atoms with E-state index in [0.717, 1.165) is 13.0 Å². The number of aryl methyl sites for hydroxylation is 2. The first-order valence-corrected chi connectivity index (χ1v) is 8.79. The highest BCUT2D eigenvalue weighted by atomic mass is 32.2. The third kappa shape index (κ3) is 3.75. The van der Waals surface area contributed by atoms with Gasteiger partial charge in [0, 0.05) is 24.9 Å². The molecule has 1 aliphatic heterocycles. The summed E-state index contributed by atoms with van der Waals surface area (Å²) in [5.41, 5.74) is 2.51. The van der Waals surface area contributed by atoms with Crippen molar-refractivity contribution < 1.29 is 9.32 Å². The van der Waals surface area contributed by atoms with E-state index in [4.69, 9.17) is 4.52 Å². The van der Waals surface area contributed by atoms with Gasteiger partial charge in [0.15, 0.2) is 5.82 Å². The van der Waals surface area contributed by atoms with Crippen LogP contribution in [0, 0.1) is 13.8 Å². The molecule has 1 aliphatic rings. The fourth-order valence-electron chi connectivity index (χ4n) is 2.74. The molecule has 122 valence electrons.